The molecule has 0 spiro atoms. The lowest BCUT2D eigenvalue weighted by atomic mass is 9.38. The first-order valence-electron chi connectivity index (χ1n) is 21.4. The Morgan fingerprint density at radius 3 is 2.02 bits per heavy atom. The molecule has 0 aromatic carbocycles. The van der Waals surface area contributed by atoms with E-state index in [2.05, 4.69) is 47.6 Å². The lowest BCUT2D eigenvalue weighted by molar-refractivity contribution is -0.342. The number of rotatable bonds is 11. The second-order valence-electron chi connectivity index (χ2n) is 20.7. The summed E-state index contributed by atoms with van der Waals surface area (Å²) in [7, 11) is 0. The Morgan fingerprint density at radius 2 is 1.39 bits per heavy atom. The zero-order valence-electron chi connectivity index (χ0n) is 34.9. The van der Waals surface area contributed by atoms with Gasteiger partial charge in [0.15, 0.2) is 6.29 Å². The van der Waals surface area contributed by atoms with Gasteiger partial charge in [0.05, 0.1) is 37.1 Å². The summed E-state index contributed by atoms with van der Waals surface area (Å²) < 4.78 is 17.7. The van der Waals surface area contributed by atoms with E-state index >= 15 is 0 Å². The molecule has 13 nitrogen and oxygen atoms in total. The van der Waals surface area contributed by atoms with Crippen molar-refractivity contribution in [2.75, 3.05) is 13.2 Å². The monoisotopic (exact) mass is 799 g/mol. The van der Waals surface area contributed by atoms with Crippen molar-refractivity contribution in [2.45, 2.75) is 192 Å². The van der Waals surface area contributed by atoms with E-state index in [-0.39, 0.29) is 46.0 Å². The largest absolute Gasteiger partial charge is 0.394 e. The molecular weight excluding hydrogens is 724 g/mol. The van der Waals surface area contributed by atoms with Gasteiger partial charge < -0.3 is 65.3 Å². The van der Waals surface area contributed by atoms with Crippen LogP contribution in [0.2, 0.25) is 0 Å². The maximum absolute atomic E-state index is 12.3. The molecule has 0 bridgehead atoms. The van der Waals surface area contributed by atoms with E-state index in [0.29, 0.717) is 24.7 Å². The van der Waals surface area contributed by atoms with E-state index in [1.807, 2.05) is 0 Å². The molecule has 20 atom stereocenters. The summed E-state index contributed by atoms with van der Waals surface area (Å²) >= 11 is 0. The molecule has 56 heavy (non-hydrogen) atoms. The summed E-state index contributed by atoms with van der Waals surface area (Å²) in [5, 5.41) is 108. The predicted octanol–water partition coefficient (Wildman–Crippen LogP) is 1.78. The van der Waals surface area contributed by atoms with Crippen LogP contribution in [0.1, 0.15) is 113 Å². The lowest BCUT2D eigenvalue weighted by Gasteiger charge is -2.67. The minimum absolute atomic E-state index is 0.00101. The third-order valence-corrected chi connectivity index (χ3v) is 17.2. The Bertz CT molecular complexity index is 1400. The molecule has 3 unspecified atom stereocenters. The van der Waals surface area contributed by atoms with E-state index in [0.717, 1.165) is 38.5 Å². The van der Waals surface area contributed by atoms with Crippen molar-refractivity contribution in [3.63, 3.8) is 0 Å². The highest BCUT2D eigenvalue weighted by Crippen LogP contribution is 2.75. The van der Waals surface area contributed by atoms with Gasteiger partial charge in [-0.15, -0.1) is 0 Å². The van der Waals surface area contributed by atoms with E-state index in [9.17, 15) is 51.1 Å². The number of ether oxygens (including phenoxy) is 3. The van der Waals surface area contributed by atoms with Crippen molar-refractivity contribution >= 4 is 0 Å². The van der Waals surface area contributed by atoms with Crippen LogP contribution in [0, 0.1) is 51.2 Å². The number of hydrogen-bond acceptors (Lipinski definition) is 13. The van der Waals surface area contributed by atoms with Crippen molar-refractivity contribution in [1.29, 1.82) is 0 Å². The van der Waals surface area contributed by atoms with E-state index in [1.54, 1.807) is 13.8 Å². The zero-order valence-corrected chi connectivity index (χ0v) is 34.9. The topological polar surface area (TPSA) is 230 Å². The van der Waals surface area contributed by atoms with Crippen LogP contribution in [0.3, 0.4) is 0 Å². The molecule has 4 aliphatic carbocycles. The molecule has 2 heterocycles. The van der Waals surface area contributed by atoms with Crippen LogP contribution in [0.4, 0.5) is 0 Å². The van der Waals surface area contributed by atoms with Gasteiger partial charge in [0, 0.05) is 10.8 Å². The summed E-state index contributed by atoms with van der Waals surface area (Å²) in [4.78, 5) is 0. The van der Waals surface area contributed by atoms with Crippen LogP contribution in [0.15, 0.2) is 11.6 Å². The van der Waals surface area contributed by atoms with Gasteiger partial charge in [-0.1, -0.05) is 59.6 Å². The van der Waals surface area contributed by atoms with Gasteiger partial charge in [0.2, 0.25) is 0 Å². The number of hydrogen-bond donors (Lipinski definition) is 10. The number of aliphatic hydroxyl groups is 10. The Labute approximate surface area is 333 Å². The third kappa shape index (κ3) is 7.18. The minimum Gasteiger partial charge on any atom is -0.394 e. The van der Waals surface area contributed by atoms with Crippen LogP contribution >= 0.6 is 0 Å². The average molecular weight is 799 g/mol. The molecule has 3 saturated carbocycles. The highest BCUT2D eigenvalue weighted by molar-refractivity contribution is 5.31. The van der Waals surface area contributed by atoms with Gasteiger partial charge in [-0.25, -0.2) is 0 Å². The Hall–Kier alpha value is -0.780. The van der Waals surface area contributed by atoms with Gasteiger partial charge in [0.25, 0.3) is 0 Å². The summed E-state index contributed by atoms with van der Waals surface area (Å²) in [5.74, 6) is 0.710. The second kappa shape index (κ2) is 15.9. The normalized spacial score (nSPS) is 50.3. The van der Waals surface area contributed by atoms with Gasteiger partial charge in [-0.3, -0.25) is 0 Å². The van der Waals surface area contributed by atoms with Crippen LogP contribution in [-0.2, 0) is 14.2 Å². The average Bonchev–Trinajstić information content (AvgIpc) is 3.40. The van der Waals surface area contributed by atoms with Gasteiger partial charge in [-0.05, 0) is 106 Å². The fourth-order valence-corrected chi connectivity index (χ4v) is 13.2. The molecule has 0 radical (unpaired) electrons. The standard InChI is InChI=1S/C43H74O13/c1-21(23-15-16-41(6)29-13-11-24-25(12-14-30(46)39(24,2)3)43(29,8)31(47)18-42(23,41)7)9-10-22(40(4,5)53)17-26-37(35(51)33(49)27(19-44)54-26)56-38-36(52)34(50)32(48)28(20-45)55-38/h11,21-23,25-38,44-53H,9-10,12-20H2,1-8H3/t21-,22+,23?,25?,26+,27-,28+,29?,30+,31-,32+,33-,34-,35+,36+,37+,38-,41+,42-,43+/m0/s1. The maximum Gasteiger partial charge on any atom is 0.187 e. The van der Waals surface area contributed by atoms with Gasteiger partial charge >= 0.3 is 0 Å². The van der Waals surface area contributed by atoms with Crippen molar-refractivity contribution in [1.82, 2.24) is 0 Å². The first-order chi connectivity index (χ1) is 26.0. The Morgan fingerprint density at radius 1 is 0.768 bits per heavy atom. The van der Waals surface area contributed by atoms with Crippen LogP contribution in [0.5, 0.6) is 0 Å². The predicted molar refractivity (Wildman–Crippen MR) is 206 cm³/mol. The van der Waals surface area contributed by atoms with E-state index < -0.39 is 92.1 Å². The Balaban J connectivity index is 1.19. The lowest BCUT2D eigenvalue weighted by Crippen LogP contribution is -2.64. The molecule has 13 heteroatoms. The van der Waals surface area contributed by atoms with Crippen molar-refractivity contribution in [3.8, 4) is 0 Å². The number of aliphatic hydroxyl groups excluding tert-OH is 9. The van der Waals surface area contributed by atoms with Crippen molar-refractivity contribution < 1.29 is 65.3 Å². The Kier molecular flexibility index (Phi) is 12.7. The minimum atomic E-state index is -1.75. The zero-order chi connectivity index (χ0) is 41.5. The second-order valence-corrected chi connectivity index (χ2v) is 20.7. The smallest absolute Gasteiger partial charge is 0.187 e. The SMILES string of the molecule is C[C@@H](CC[C@H](C[C@H]1O[C@@H](CO)[C@H](O)[C@@H](O)[C@@H]1O[C@@H]1O[C@H](CO)[C@@H](O)[C@H](O)[C@H]1O)C(C)(C)O)C1CC[C@]2(C)C3CC=C4C(CC[C@@H](O)C4(C)C)[C@@]3(C)[C@@H](O)C[C@@]12C. The third-order valence-electron chi connectivity index (χ3n) is 17.2. The first kappa shape index (κ1) is 44.8. The molecule has 2 aliphatic heterocycles. The molecule has 6 aliphatic rings. The summed E-state index contributed by atoms with van der Waals surface area (Å²) in [6.45, 7) is 15.9. The van der Waals surface area contributed by atoms with E-state index in [1.165, 1.54) is 5.57 Å². The molecule has 0 amide bonds. The molecular formula is C43H74O13. The number of allylic oxidation sites excluding steroid dienone is 1. The molecule has 10 N–H and O–H groups in total. The van der Waals surface area contributed by atoms with Crippen LogP contribution in [-0.4, -0.2) is 143 Å². The molecule has 324 valence electrons. The molecule has 6 rings (SSSR count). The van der Waals surface area contributed by atoms with Gasteiger partial charge in [-0.2, -0.15) is 0 Å². The number of fused-ring (bicyclic) bond motifs is 5. The summed E-state index contributed by atoms with van der Waals surface area (Å²) in [5.41, 5.74) is -0.611. The summed E-state index contributed by atoms with van der Waals surface area (Å²) in [6, 6.07) is 0. The molecule has 0 aromatic rings. The molecule has 2 saturated heterocycles. The highest BCUT2D eigenvalue weighted by Gasteiger charge is 2.70. The highest BCUT2D eigenvalue weighted by atomic mass is 16.7. The summed E-state index contributed by atoms with van der Waals surface area (Å²) in [6.07, 6.45) is -6.16. The fraction of sp³-hybridized carbons (Fsp3) is 0.953. The molecule has 5 fully saturated rings. The van der Waals surface area contributed by atoms with Crippen molar-refractivity contribution in [2.24, 2.45) is 51.2 Å². The van der Waals surface area contributed by atoms with Gasteiger partial charge in [0.1, 0.15) is 48.8 Å². The molecule has 0 aromatic heterocycles. The quantitative estimate of drug-likeness (QED) is 0.135. The van der Waals surface area contributed by atoms with E-state index in [4.69, 9.17) is 14.2 Å². The maximum atomic E-state index is 12.3. The van der Waals surface area contributed by atoms with Crippen LogP contribution < -0.4 is 0 Å². The van der Waals surface area contributed by atoms with Crippen LogP contribution in [0.25, 0.3) is 0 Å². The van der Waals surface area contributed by atoms with Crippen molar-refractivity contribution in [3.05, 3.63) is 11.6 Å². The fourth-order valence-electron chi connectivity index (χ4n) is 13.2. The first-order valence-corrected chi connectivity index (χ1v) is 21.4.